The van der Waals surface area contributed by atoms with Crippen molar-refractivity contribution in [2.24, 2.45) is 0 Å². The molecule has 0 fully saturated rings. The first-order valence-electron chi connectivity index (χ1n) is 10.9. The summed E-state index contributed by atoms with van der Waals surface area (Å²) in [7, 11) is 0. The highest BCUT2D eigenvalue weighted by Gasteiger charge is 2.61. The maximum absolute atomic E-state index is 14.0. The lowest BCUT2D eigenvalue weighted by molar-refractivity contribution is -0.258. The summed E-state index contributed by atoms with van der Waals surface area (Å²) in [6.07, 6.45) is -5.25. The third-order valence-corrected chi connectivity index (χ3v) is 6.77. The van der Waals surface area contributed by atoms with Crippen molar-refractivity contribution in [2.45, 2.75) is 17.8 Å². The highest BCUT2D eigenvalue weighted by Crippen LogP contribution is 2.49. The molecular weight excluding hydrogens is 535 g/mol. The van der Waals surface area contributed by atoms with E-state index in [-0.39, 0.29) is 33.0 Å². The molecule has 5 rings (SSSR count). The van der Waals surface area contributed by atoms with Gasteiger partial charge in [0.25, 0.3) is 5.91 Å². The lowest BCUT2D eigenvalue weighted by atomic mass is 9.94. The number of amides is 3. The van der Waals surface area contributed by atoms with Crippen LogP contribution in [0.15, 0.2) is 48.5 Å². The quantitative estimate of drug-likeness (QED) is 0.386. The van der Waals surface area contributed by atoms with Crippen LogP contribution in [0.1, 0.15) is 38.7 Å². The predicted molar refractivity (Wildman–Crippen MR) is 125 cm³/mol. The second-order valence-electron chi connectivity index (χ2n) is 8.70. The van der Waals surface area contributed by atoms with Gasteiger partial charge in [-0.15, -0.1) is 0 Å². The number of rotatable bonds is 2. The number of nitrogens with one attached hydrogen (secondary N) is 2. The molecule has 13 heteroatoms. The molecule has 0 saturated heterocycles. The Kier molecular flexibility index (Phi) is 5.81. The Labute approximate surface area is 216 Å². The number of nitriles is 1. The van der Waals surface area contributed by atoms with Crippen molar-refractivity contribution < 1.29 is 36.6 Å². The molecule has 2 aliphatic rings. The fourth-order valence-electron chi connectivity index (χ4n) is 4.65. The fraction of sp³-hybridized carbons (Fsp3) is 0.160. The van der Waals surface area contributed by atoms with E-state index in [2.05, 4.69) is 10.6 Å². The Morgan fingerprint density at radius 2 is 1.84 bits per heavy atom. The third kappa shape index (κ3) is 3.91. The lowest BCUT2D eigenvalue weighted by Gasteiger charge is -2.27. The number of benzene rings is 3. The Balaban J connectivity index is 1.59. The van der Waals surface area contributed by atoms with Gasteiger partial charge in [-0.1, -0.05) is 11.6 Å². The Hall–Kier alpha value is -4.21. The number of carbonyl (C=O) groups excluding carboxylic acids is 2. The highest BCUT2D eigenvalue weighted by atomic mass is 35.5. The zero-order chi connectivity index (χ0) is 27.6. The number of fused-ring (bicyclic) bond motifs is 2. The van der Waals surface area contributed by atoms with Crippen LogP contribution in [0.2, 0.25) is 5.02 Å². The van der Waals surface area contributed by atoms with E-state index in [1.807, 2.05) is 6.07 Å². The van der Waals surface area contributed by atoms with Crippen LogP contribution in [0.25, 0.3) is 0 Å². The second-order valence-corrected chi connectivity index (χ2v) is 9.11. The molecule has 2 aliphatic heterocycles. The lowest BCUT2D eigenvalue weighted by Crippen LogP contribution is -2.48. The van der Waals surface area contributed by atoms with Crippen LogP contribution in [-0.2, 0) is 5.60 Å². The van der Waals surface area contributed by atoms with Gasteiger partial charge >= 0.3 is 12.2 Å². The van der Waals surface area contributed by atoms with E-state index in [0.717, 1.165) is 24.3 Å². The number of hydrogen-bond donors (Lipinski definition) is 3. The molecule has 38 heavy (non-hydrogen) atoms. The summed E-state index contributed by atoms with van der Waals surface area (Å²) in [5, 5.41) is 25.0. The molecule has 0 aromatic heterocycles. The molecule has 0 saturated carbocycles. The monoisotopic (exact) mass is 548 g/mol. The predicted octanol–water partition coefficient (Wildman–Crippen LogP) is 5.12. The van der Waals surface area contributed by atoms with Crippen molar-refractivity contribution in [1.82, 2.24) is 5.32 Å². The molecule has 0 aliphatic carbocycles. The van der Waals surface area contributed by atoms with Gasteiger partial charge in [0.1, 0.15) is 11.6 Å². The summed E-state index contributed by atoms with van der Waals surface area (Å²) in [6.45, 7) is -1.28. The minimum atomic E-state index is -5.25. The first-order valence-corrected chi connectivity index (χ1v) is 11.2. The van der Waals surface area contributed by atoms with Gasteiger partial charge in [-0.3, -0.25) is 9.69 Å². The minimum absolute atomic E-state index is 0.0413. The van der Waals surface area contributed by atoms with E-state index >= 15 is 0 Å². The van der Waals surface area contributed by atoms with Crippen LogP contribution in [0, 0.1) is 23.0 Å². The van der Waals surface area contributed by atoms with Gasteiger partial charge in [0.2, 0.25) is 5.60 Å². The van der Waals surface area contributed by atoms with Crippen LogP contribution < -0.4 is 15.5 Å². The van der Waals surface area contributed by atoms with Gasteiger partial charge in [-0.2, -0.15) is 18.4 Å². The standard InChI is InChI=1S/C25H14ClF5N4O3/c26-17-3-1-12(27)7-14(17)21-20-15(22(36)34-21)5-11(9-32)6-18(20)33-23(37)35-10-24(38,25(29,30)31)16-8-13(28)2-4-19(16)35/h1-8,21,38H,10H2,(H,33,37)(H,34,36)/t21-,24+/m0/s1. The minimum Gasteiger partial charge on any atom is -0.375 e. The fourth-order valence-corrected chi connectivity index (χ4v) is 4.88. The topological polar surface area (TPSA) is 105 Å². The molecule has 3 aromatic carbocycles. The number of halogens is 6. The number of hydrogen-bond acceptors (Lipinski definition) is 4. The largest absolute Gasteiger partial charge is 0.423 e. The molecule has 3 N–H and O–H groups in total. The maximum atomic E-state index is 14.0. The highest BCUT2D eigenvalue weighted by molar-refractivity contribution is 6.31. The molecule has 0 bridgehead atoms. The van der Waals surface area contributed by atoms with Crippen molar-refractivity contribution >= 4 is 34.9 Å². The van der Waals surface area contributed by atoms with Crippen molar-refractivity contribution in [2.75, 3.05) is 16.8 Å². The molecule has 0 radical (unpaired) electrons. The average Bonchev–Trinajstić information content (AvgIpc) is 3.35. The van der Waals surface area contributed by atoms with Gasteiger partial charge in [-0.25, -0.2) is 13.6 Å². The summed E-state index contributed by atoms with van der Waals surface area (Å²) < 4.78 is 69.2. The number of β-amino-alcohol motifs (C(OH)–C–C–N with tert-alkyl or cyclic N) is 1. The van der Waals surface area contributed by atoms with E-state index in [1.54, 1.807) is 0 Å². The molecular formula is C25H14ClF5N4O3. The Bertz CT molecular complexity index is 1570. The first kappa shape index (κ1) is 25.4. The number of carbonyl (C=O) groups is 2. The summed E-state index contributed by atoms with van der Waals surface area (Å²) in [5.41, 5.74) is -4.80. The van der Waals surface area contributed by atoms with Gasteiger partial charge in [0, 0.05) is 27.3 Å². The molecule has 0 unspecified atom stereocenters. The van der Waals surface area contributed by atoms with Gasteiger partial charge in [-0.05, 0) is 48.5 Å². The SMILES string of the molecule is N#Cc1cc(NC(=O)N2C[C@](O)(C(F)(F)F)c3cc(F)ccc32)c2c(c1)C(=O)N[C@H]2c1cc(F)ccc1Cl. The van der Waals surface area contributed by atoms with Crippen LogP contribution in [-0.4, -0.2) is 29.8 Å². The van der Waals surface area contributed by atoms with E-state index in [9.17, 15) is 41.9 Å². The normalized spacial score (nSPS) is 20.0. The van der Waals surface area contributed by atoms with E-state index in [4.69, 9.17) is 11.6 Å². The van der Waals surface area contributed by atoms with Gasteiger partial charge < -0.3 is 15.7 Å². The Morgan fingerprint density at radius 1 is 1.16 bits per heavy atom. The number of alkyl halides is 3. The summed E-state index contributed by atoms with van der Waals surface area (Å²) in [5.74, 6) is -2.38. The van der Waals surface area contributed by atoms with Gasteiger partial charge in [0.05, 0.1) is 35.6 Å². The maximum Gasteiger partial charge on any atom is 0.423 e. The number of urea groups is 1. The van der Waals surface area contributed by atoms with Crippen LogP contribution in [0.4, 0.5) is 38.1 Å². The van der Waals surface area contributed by atoms with Crippen LogP contribution in [0.5, 0.6) is 0 Å². The van der Waals surface area contributed by atoms with Crippen LogP contribution in [0.3, 0.4) is 0 Å². The molecule has 7 nitrogen and oxygen atoms in total. The Morgan fingerprint density at radius 3 is 2.53 bits per heavy atom. The number of anilines is 2. The van der Waals surface area contributed by atoms with Gasteiger partial charge in [0.15, 0.2) is 0 Å². The van der Waals surface area contributed by atoms with E-state index in [0.29, 0.717) is 11.0 Å². The van der Waals surface area contributed by atoms with E-state index in [1.165, 1.54) is 18.2 Å². The van der Waals surface area contributed by atoms with Crippen LogP contribution >= 0.6 is 11.6 Å². The zero-order valence-electron chi connectivity index (χ0n) is 18.8. The zero-order valence-corrected chi connectivity index (χ0v) is 19.6. The number of nitrogens with zero attached hydrogens (tertiary/aromatic N) is 2. The third-order valence-electron chi connectivity index (χ3n) is 6.42. The molecule has 2 atom stereocenters. The van der Waals surface area contributed by atoms with Crippen molar-refractivity contribution in [3.63, 3.8) is 0 Å². The van der Waals surface area contributed by atoms with Crippen molar-refractivity contribution in [3.05, 3.63) is 93.0 Å². The summed E-state index contributed by atoms with van der Waals surface area (Å²) in [4.78, 5) is 26.6. The average molecular weight is 549 g/mol. The molecule has 194 valence electrons. The molecule has 3 aromatic rings. The molecule has 2 heterocycles. The van der Waals surface area contributed by atoms with Crippen molar-refractivity contribution in [3.8, 4) is 6.07 Å². The molecule has 3 amide bonds. The second kappa shape index (κ2) is 8.68. The smallest absolute Gasteiger partial charge is 0.375 e. The van der Waals surface area contributed by atoms with Crippen molar-refractivity contribution in [1.29, 1.82) is 5.26 Å². The molecule has 0 spiro atoms. The summed E-state index contributed by atoms with van der Waals surface area (Å²) >= 11 is 6.22. The number of aliphatic hydroxyl groups is 1. The first-order chi connectivity index (χ1) is 17.8. The summed E-state index contributed by atoms with van der Waals surface area (Å²) in [6, 6.07) is 7.69. The van der Waals surface area contributed by atoms with E-state index < -0.39 is 59.2 Å².